The van der Waals surface area contributed by atoms with Gasteiger partial charge in [-0.25, -0.2) is 4.98 Å². The van der Waals surface area contributed by atoms with E-state index < -0.39 is 0 Å². The second-order valence-corrected chi connectivity index (χ2v) is 7.27. The third-order valence-electron chi connectivity index (χ3n) is 4.36. The Bertz CT molecular complexity index is 940. The van der Waals surface area contributed by atoms with Crippen LogP contribution >= 0.6 is 11.3 Å². The summed E-state index contributed by atoms with van der Waals surface area (Å²) in [6.07, 6.45) is 0.296. The van der Waals surface area contributed by atoms with Gasteiger partial charge in [-0.05, 0) is 17.7 Å². The van der Waals surface area contributed by atoms with Crippen LogP contribution < -0.4 is 9.47 Å². The summed E-state index contributed by atoms with van der Waals surface area (Å²) in [5.74, 6) is 1.54. The summed E-state index contributed by atoms with van der Waals surface area (Å²) >= 11 is 1.56. The predicted molar refractivity (Wildman–Crippen MR) is 105 cm³/mol. The first-order valence-corrected chi connectivity index (χ1v) is 9.69. The Morgan fingerprint density at radius 2 is 1.89 bits per heavy atom. The number of aromatic nitrogens is 1. The third-order valence-corrected chi connectivity index (χ3v) is 5.30. The van der Waals surface area contributed by atoms with Crippen LogP contribution in [0, 0.1) is 0 Å². The molecule has 0 aliphatic carbocycles. The highest BCUT2D eigenvalue weighted by Gasteiger charge is 2.16. The smallest absolute Gasteiger partial charge is 0.228 e. The number of carbonyl (C=O) groups is 1. The Hall–Kier alpha value is -2.86. The van der Waals surface area contributed by atoms with Crippen molar-refractivity contribution >= 4 is 17.2 Å². The zero-order valence-corrected chi connectivity index (χ0v) is 15.9. The first-order chi connectivity index (χ1) is 13.2. The molecule has 0 radical (unpaired) electrons. The second-order valence-electron chi connectivity index (χ2n) is 6.41. The molecule has 6 heteroatoms. The molecule has 0 atom stereocenters. The van der Waals surface area contributed by atoms with E-state index in [2.05, 4.69) is 4.98 Å². The molecule has 0 saturated carbocycles. The van der Waals surface area contributed by atoms with E-state index in [0.717, 1.165) is 33.3 Å². The first-order valence-electron chi connectivity index (χ1n) is 8.81. The Morgan fingerprint density at radius 3 is 2.70 bits per heavy atom. The van der Waals surface area contributed by atoms with Crippen LogP contribution in [0.4, 0.5) is 0 Å². The van der Waals surface area contributed by atoms with Gasteiger partial charge in [-0.1, -0.05) is 36.4 Å². The fourth-order valence-electron chi connectivity index (χ4n) is 2.94. The van der Waals surface area contributed by atoms with Crippen molar-refractivity contribution in [3.05, 3.63) is 65.2 Å². The van der Waals surface area contributed by atoms with E-state index in [9.17, 15) is 4.79 Å². The standard InChI is InChI=1S/C21H20N2O3S/c1-23(13-15-7-8-18-19(11-15)26-10-9-25-18)20(24)12-17-14-27-21(22-17)16-5-3-2-4-6-16/h2-8,11,14H,9-10,12-13H2,1H3. The number of ether oxygens (including phenoxy) is 2. The van der Waals surface area contributed by atoms with Crippen molar-refractivity contribution in [2.75, 3.05) is 20.3 Å². The number of thiazole rings is 1. The van der Waals surface area contributed by atoms with E-state index >= 15 is 0 Å². The summed E-state index contributed by atoms with van der Waals surface area (Å²) in [6.45, 7) is 1.65. The fourth-order valence-corrected chi connectivity index (χ4v) is 3.77. The van der Waals surface area contributed by atoms with Gasteiger partial charge in [-0.3, -0.25) is 4.79 Å². The molecule has 1 aliphatic rings. The van der Waals surface area contributed by atoms with E-state index in [4.69, 9.17) is 9.47 Å². The quantitative estimate of drug-likeness (QED) is 0.676. The van der Waals surface area contributed by atoms with Gasteiger partial charge in [0.25, 0.3) is 0 Å². The number of benzene rings is 2. The molecule has 1 aliphatic heterocycles. The van der Waals surface area contributed by atoms with Crippen LogP contribution in [0.3, 0.4) is 0 Å². The minimum atomic E-state index is 0.0369. The van der Waals surface area contributed by atoms with Crippen LogP contribution in [0.2, 0.25) is 0 Å². The maximum absolute atomic E-state index is 12.6. The molecule has 1 amide bonds. The lowest BCUT2D eigenvalue weighted by Gasteiger charge is -2.21. The third kappa shape index (κ3) is 4.11. The van der Waals surface area contributed by atoms with Crippen molar-refractivity contribution in [3.63, 3.8) is 0 Å². The average Bonchev–Trinajstić information content (AvgIpc) is 3.17. The van der Waals surface area contributed by atoms with E-state index in [0.29, 0.717) is 26.2 Å². The zero-order valence-electron chi connectivity index (χ0n) is 15.1. The number of nitrogens with zero attached hydrogens (tertiary/aromatic N) is 2. The molecule has 0 fully saturated rings. The number of hydrogen-bond donors (Lipinski definition) is 0. The van der Waals surface area contributed by atoms with E-state index in [-0.39, 0.29) is 5.91 Å². The second kappa shape index (κ2) is 7.80. The topological polar surface area (TPSA) is 51.7 Å². The molecule has 0 N–H and O–H groups in total. The van der Waals surface area contributed by atoms with Gasteiger partial charge in [0.1, 0.15) is 18.2 Å². The lowest BCUT2D eigenvalue weighted by molar-refractivity contribution is -0.129. The number of carbonyl (C=O) groups excluding carboxylic acids is 1. The summed E-state index contributed by atoms with van der Waals surface area (Å²) in [5, 5.41) is 2.89. The van der Waals surface area contributed by atoms with Crippen molar-refractivity contribution in [2.24, 2.45) is 0 Å². The summed E-state index contributed by atoms with van der Waals surface area (Å²) in [6, 6.07) is 15.8. The van der Waals surface area contributed by atoms with Crippen LogP contribution in [-0.4, -0.2) is 36.1 Å². The molecule has 0 saturated heterocycles. The Labute approximate surface area is 162 Å². The minimum Gasteiger partial charge on any atom is -0.486 e. The van der Waals surface area contributed by atoms with E-state index in [1.165, 1.54) is 0 Å². The maximum Gasteiger partial charge on any atom is 0.228 e. The van der Waals surface area contributed by atoms with Gasteiger partial charge in [0.15, 0.2) is 11.5 Å². The molecule has 1 aromatic heterocycles. The summed E-state index contributed by atoms with van der Waals surface area (Å²) < 4.78 is 11.1. The first kappa shape index (κ1) is 17.5. The van der Waals surface area contributed by atoms with Crippen molar-refractivity contribution in [1.29, 1.82) is 0 Å². The van der Waals surface area contributed by atoms with Gasteiger partial charge >= 0.3 is 0 Å². The summed E-state index contributed by atoms with van der Waals surface area (Å²) in [4.78, 5) is 18.9. The molecule has 27 heavy (non-hydrogen) atoms. The monoisotopic (exact) mass is 380 g/mol. The number of rotatable bonds is 5. The number of fused-ring (bicyclic) bond motifs is 1. The lowest BCUT2D eigenvalue weighted by atomic mass is 10.1. The highest BCUT2D eigenvalue weighted by Crippen LogP contribution is 2.31. The molecule has 138 valence electrons. The molecule has 2 aromatic carbocycles. The predicted octanol–water partition coefficient (Wildman–Crippen LogP) is 3.78. The van der Waals surface area contributed by atoms with Crippen LogP contribution in [0.25, 0.3) is 10.6 Å². The molecule has 0 bridgehead atoms. The van der Waals surface area contributed by atoms with Gasteiger partial charge in [-0.2, -0.15) is 0 Å². The van der Waals surface area contributed by atoms with Crippen LogP contribution in [0.15, 0.2) is 53.9 Å². The fraction of sp³-hybridized carbons (Fsp3) is 0.238. The summed E-state index contributed by atoms with van der Waals surface area (Å²) in [7, 11) is 1.81. The van der Waals surface area contributed by atoms with Gasteiger partial charge < -0.3 is 14.4 Å². The van der Waals surface area contributed by atoms with E-state index in [1.807, 2.05) is 61.0 Å². The average molecular weight is 380 g/mol. The van der Waals surface area contributed by atoms with Crippen LogP contribution in [-0.2, 0) is 17.8 Å². The SMILES string of the molecule is CN(Cc1ccc2c(c1)OCCO2)C(=O)Cc1csc(-c2ccccc2)n1. The Kier molecular flexibility index (Phi) is 5.07. The molecule has 3 aromatic rings. The van der Waals surface area contributed by atoms with Gasteiger partial charge in [0.05, 0.1) is 12.1 Å². The number of hydrogen-bond acceptors (Lipinski definition) is 5. The highest BCUT2D eigenvalue weighted by atomic mass is 32.1. The molecule has 0 spiro atoms. The molecular weight excluding hydrogens is 360 g/mol. The Balaban J connectivity index is 1.39. The number of amides is 1. The van der Waals surface area contributed by atoms with Gasteiger partial charge in [0, 0.05) is 24.5 Å². The zero-order chi connectivity index (χ0) is 18.6. The van der Waals surface area contributed by atoms with Crippen LogP contribution in [0.5, 0.6) is 11.5 Å². The highest BCUT2D eigenvalue weighted by molar-refractivity contribution is 7.13. The minimum absolute atomic E-state index is 0.0369. The normalized spacial score (nSPS) is 12.6. The lowest BCUT2D eigenvalue weighted by Crippen LogP contribution is -2.28. The summed E-state index contributed by atoms with van der Waals surface area (Å²) in [5.41, 5.74) is 2.89. The van der Waals surface area contributed by atoms with Crippen molar-refractivity contribution < 1.29 is 14.3 Å². The van der Waals surface area contributed by atoms with Crippen LogP contribution in [0.1, 0.15) is 11.3 Å². The van der Waals surface area contributed by atoms with E-state index in [1.54, 1.807) is 16.2 Å². The Morgan fingerprint density at radius 1 is 1.11 bits per heavy atom. The maximum atomic E-state index is 12.6. The van der Waals surface area contributed by atoms with Crippen molar-refractivity contribution in [3.8, 4) is 22.1 Å². The molecule has 5 nitrogen and oxygen atoms in total. The van der Waals surface area contributed by atoms with Gasteiger partial charge in [-0.15, -0.1) is 11.3 Å². The largest absolute Gasteiger partial charge is 0.486 e. The molecule has 4 rings (SSSR count). The van der Waals surface area contributed by atoms with Gasteiger partial charge in [0.2, 0.25) is 5.91 Å². The molecule has 0 unspecified atom stereocenters. The molecular formula is C21H20N2O3S. The van der Waals surface area contributed by atoms with Crippen molar-refractivity contribution in [2.45, 2.75) is 13.0 Å². The van der Waals surface area contributed by atoms with Crippen molar-refractivity contribution in [1.82, 2.24) is 9.88 Å². The number of likely N-dealkylation sites (N-methyl/N-ethyl adjacent to an activating group) is 1. The molecule has 2 heterocycles.